The lowest BCUT2D eigenvalue weighted by Gasteiger charge is -2.29. The summed E-state index contributed by atoms with van der Waals surface area (Å²) in [5.74, 6) is 1.65. The SMILES string of the molecule is C/C=C\N=C(CCC)NC(=O)C1=C(O)C2=C(CCC2)N(C)C1=C=O. The summed E-state index contributed by atoms with van der Waals surface area (Å²) in [5.41, 5.74) is 1.66. The van der Waals surface area contributed by atoms with Crippen LogP contribution in [0.5, 0.6) is 0 Å². The zero-order chi connectivity index (χ0) is 17.7. The number of carbonyl (C=O) groups excluding carboxylic acids is 2. The van der Waals surface area contributed by atoms with Crippen molar-refractivity contribution in [3.05, 3.63) is 40.6 Å². The summed E-state index contributed by atoms with van der Waals surface area (Å²) in [4.78, 5) is 29.9. The maximum atomic E-state index is 12.7. The topological polar surface area (TPSA) is 82.0 Å². The lowest BCUT2D eigenvalue weighted by atomic mass is 9.99. The molecular weight excluding hydrogens is 306 g/mol. The molecule has 0 atom stereocenters. The fourth-order valence-electron chi connectivity index (χ4n) is 3.01. The van der Waals surface area contributed by atoms with Gasteiger partial charge in [0.25, 0.3) is 5.91 Å². The van der Waals surface area contributed by atoms with E-state index in [0.29, 0.717) is 18.7 Å². The third kappa shape index (κ3) is 3.34. The predicted octanol–water partition coefficient (Wildman–Crippen LogP) is 2.75. The minimum Gasteiger partial charge on any atom is -0.507 e. The van der Waals surface area contributed by atoms with Crippen molar-refractivity contribution < 1.29 is 14.7 Å². The molecule has 0 bridgehead atoms. The molecule has 0 radical (unpaired) electrons. The van der Waals surface area contributed by atoms with Gasteiger partial charge in [-0.05, 0) is 32.6 Å². The van der Waals surface area contributed by atoms with Crippen molar-refractivity contribution in [2.24, 2.45) is 4.99 Å². The number of amides is 1. The van der Waals surface area contributed by atoms with Crippen LogP contribution in [0.4, 0.5) is 0 Å². The highest BCUT2D eigenvalue weighted by molar-refractivity contribution is 6.10. The Labute approximate surface area is 141 Å². The molecule has 0 saturated carbocycles. The van der Waals surface area contributed by atoms with Gasteiger partial charge in [-0.15, -0.1) is 0 Å². The van der Waals surface area contributed by atoms with E-state index in [9.17, 15) is 14.7 Å². The van der Waals surface area contributed by atoms with Gasteiger partial charge < -0.3 is 15.3 Å². The van der Waals surface area contributed by atoms with Crippen LogP contribution in [0.25, 0.3) is 0 Å². The third-order valence-electron chi connectivity index (χ3n) is 4.14. The van der Waals surface area contributed by atoms with Gasteiger partial charge in [-0.1, -0.05) is 13.0 Å². The summed E-state index contributed by atoms with van der Waals surface area (Å²) in [6.45, 7) is 3.81. The fourth-order valence-corrected chi connectivity index (χ4v) is 3.01. The van der Waals surface area contributed by atoms with E-state index in [2.05, 4.69) is 10.3 Å². The van der Waals surface area contributed by atoms with Gasteiger partial charge in [0, 0.05) is 30.9 Å². The van der Waals surface area contributed by atoms with Crippen molar-refractivity contribution in [3.63, 3.8) is 0 Å². The molecule has 1 amide bonds. The molecule has 0 aromatic rings. The quantitative estimate of drug-likeness (QED) is 0.472. The second-order valence-electron chi connectivity index (χ2n) is 5.77. The number of carbonyl (C=O) groups is 1. The summed E-state index contributed by atoms with van der Waals surface area (Å²) >= 11 is 0. The fraction of sp³-hybridized carbons (Fsp3) is 0.444. The molecule has 1 aliphatic heterocycles. The van der Waals surface area contributed by atoms with Gasteiger partial charge in [-0.3, -0.25) is 4.79 Å². The van der Waals surface area contributed by atoms with Crippen LogP contribution >= 0.6 is 0 Å². The molecule has 1 aliphatic carbocycles. The monoisotopic (exact) mass is 329 g/mol. The molecule has 0 aromatic carbocycles. The molecule has 128 valence electrons. The average Bonchev–Trinajstić information content (AvgIpc) is 3.06. The normalized spacial score (nSPS) is 18.4. The van der Waals surface area contributed by atoms with Crippen molar-refractivity contribution in [3.8, 4) is 0 Å². The average molecular weight is 329 g/mol. The molecule has 2 N–H and O–H groups in total. The molecule has 2 rings (SSSR count). The predicted molar refractivity (Wildman–Crippen MR) is 92.8 cm³/mol. The number of nitrogens with one attached hydrogen (secondary N) is 1. The molecular formula is C18H23N3O3. The molecule has 0 fully saturated rings. The van der Waals surface area contributed by atoms with Crippen LogP contribution in [-0.4, -0.2) is 34.7 Å². The molecule has 6 nitrogen and oxygen atoms in total. The number of aliphatic imine (C=N–C) groups is 1. The minimum absolute atomic E-state index is 0.0302. The standard InChI is InChI=1S/C18H23N3O3/c1-4-7-15(19-10-5-2)20-18(24)16-14(11-22)21(3)13-9-6-8-12(13)17(16)23/h5,10,23H,4,6-9H2,1-3H3,(H,19,20,24)/b10-5-. The molecule has 0 aromatic heterocycles. The number of aliphatic hydroxyl groups is 1. The van der Waals surface area contributed by atoms with Gasteiger partial charge in [0.2, 0.25) is 0 Å². The van der Waals surface area contributed by atoms with Gasteiger partial charge in [-0.2, -0.15) is 0 Å². The number of hydrogen-bond donors (Lipinski definition) is 2. The third-order valence-corrected chi connectivity index (χ3v) is 4.14. The number of nitrogens with zero attached hydrogens (tertiary/aromatic N) is 2. The number of amidine groups is 1. The Balaban J connectivity index is 2.39. The van der Waals surface area contributed by atoms with E-state index in [-0.39, 0.29) is 17.0 Å². The number of aliphatic hydroxyl groups excluding tert-OH is 1. The Kier molecular flexibility index (Phi) is 5.77. The smallest absolute Gasteiger partial charge is 0.263 e. The van der Waals surface area contributed by atoms with Crippen LogP contribution in [0.2, 0.25) is 0 Å². The number of allylic oxidation sites excluding steroid dienone is 3. The second kappa shape index (κ2) is 7.79. The van der Waals surface area contributed by atoms with E-state index in [0.717, 1.165) is 30.5 Å². The molecule has 6 heteroatoms. The summed E-state index contributed by atoms with van der Waals surface area (Å²) in [6.07, 6.45) is 7.13. The Morgan fingerprint density at radius 3 is 2.83 bits per heavy atom. The first-order valence-electron chi connectivity index (χ1n) is 8.19. The Morgan fingerprint density at radius 1 is 1.46 bits per heavy atom. The van der Waals surface area contributed by atoms with Gasteiger partial charge in [-0.25, -0.2) is 9.79 Å². The summed E-state index contributed by atoms with van der Waals surface area (Å²) in [6, 6.07) is 0. The van der Waals surface area contributed by atoms with Gasteiger partial charge in [0.15, 0.2) is 5.94 Å². The van der Waals surface area contributed by atoms with Crippen molar-refractivity contribution in [1.29, 1.82) is 0 Å². The van der Waals surface area contributed by atoms with E-state index in [1.54, 1.807) is 30.2 Å². The highest BCUT2D eigenvalue weighted by Crippen LogP contribution is 2.40. The number of likely N-dealkylation sites (N-methyl/N-ethyl adjacent to an activating group) is 1. The van der Waals surface area contributed by atoms with Gasteiger partial charge in [0.1, 0.15) is 22.9 Å². The van der Waals surface area contributed by atoms with Crippen molar-refractivity contribution in [2.75, 3.05) is 7.05 Å². The van der Waals surface area contributed by atoms with E-state index >= 15 is 0 Å². The molecule has 2 aliphatic rings. The van der Waals surface area contributed by atoms with E-state index < -0.39 is 5.91 Å². The second-order valence-corrected chi connectivity index (χ2v) is 5.77. The van der Waals surface area contributed by atoms with Crippen LogP contribution in [0.15, 0.2) is 45.6 Å². The minimum atomic E-state index is -0.534. The Bertz CT molecular complexity index is 707. The lowest BCUT2D eigenvalue weighted by molar-refractivity contribution is -0.116. The van der Waals surface area contributed by atoms with Crippen LogP contribution in [-0.2, 0) is 9.59 Å². The lowest BCUT2D eigenvalue weighted by Crippen LogP contribution is -2.37. The molecule has 1 heterocycles. The highest BCUT2D eigenvalue weighted by atomic mass is 16.3. The summed E-state index contributed by atoms with van der Waals surface area (Å²) in [7, 11) is 1.72. The molecule has 0 saturated heterocycles. The largest absolute Gasteiger partial charge is 0.507 e. The molecule has 0 spiro atoms. The summed E-state index contributed by atoms with van der Waals surface area (Å²) in [5, 5.41) is 13.2. The number of rotatable bonds is 4. The summed E-state index contributed by atoms with van der Waals surface area (Å²) < 4.78 is 0. The van der Waals surface area contributed by atoms with Gasteiger partial charge >= 0.3 is 0 Å². The first-order chi connectivity index (χ1) is 11.5. The number of hydrogen-bond acceptors (Lipinski definition) is 5. The van der Waals surface area contributed by atoms with E-state index in [4.69, 9.17) is 0 Å². The van der Waals surface area contributed by atoms with Crippen molar-refractivity contribution in [2.45, 2.75) is 46.0 Å². The molecule has 24 heavy (non-hydrogen) atoms. The van der Waals surface area contributed by atoms with Crippen LogP contribution in [0.1, 0.15) is 46.0 Å². The maximum Gasteiger partial charge on any atom is 0.263 e. The Morgan fingerprint density at radius 2 is 2.21 bits per heavy atom. The maximum absolute atomic E-state index is 12.7. The van der Waals surface area contributed by atoms with Crippen LogP contribution in [0.3, 0.4) is 0 Å². The first-order valence-corrected chi connectivity index (χ1v) is 8.19. The first kappa shape index (κ1) is 17.8. The van der Waals surface area contributed by atoms with E-state index in [1.165, 1.54) is 0 Å². The van der Waals surface area contributed by atoms with Crippen molar-refractivity contribution >= 4 is 17.7 Å². The zero-order valence-corrected chi connectivity index (χ0v) is 14.3. The Hall–Kier alpha value is -2.59. The van der Waals surface area contributed by atoms with Gasteiger partial charge in [0.05, 0.1) is 0 Å². The molecule has 0 unspecified atom stereocenters. The highest BCUT2D eigenvalue weighted by Gasteiger charge is 2.35. The van der Waals surface area contributed by atoms with Crippen LogP contribution in [0, 0.1) is 0 Å². The van der Waals surface area contributed by atoms with Crippen LogP contribution < -0.4 is 5.32 Å². The zero-order valence-electron chi connectivity index (χ0n) is 14.3. The van der Waals surface area contributed by atoms with E-state index in [1.807, 2.05) is 13.8 Å². The van der Waals surface area contributed by atoms with Crippen molar-refractivity contribution in [1.82, 2.24) is 10.2 Å².